The van der Waals surface area contributed by atoms with Crippen LogP contribution in [0, 0.1) is 0 Å². The first-order chi connectivity index (χ1) is 31.4. The van der Waals surface area contributed by atoms with Crippen molar-refractivity contribution in [2.45, 2.75) is 26.2 Å². The molecular formula is C60H46N4. The molecule has 0 fully saturated rings. The molecule has 0 unspecified atom stereocenters. The van der Waals surface area contributed by atoms with E-state index < -0.39 is 0 Å². The number of aromatic nitrogens is 4. The normalized spacial score (nSPS) is 11.4. The second kappa shape index (κ2) is 17.4. The molecule has 0 bridgehead atoms. The second-order valence-corrected chi connectivity index (χ2v) is 17.2. The first-order valence-electron chi connectivity index (χ1n) is 21.8. The molecule has 0 atom stereocenters. The molecule has 6 aromatic carbocycles. The lowest BCUT2D eigenvalue weighted by molar-refractivity contribution is 0.589. The summed E-state index contributed by atoms with van der Waals surface area (Å²) in [5.74, 6) is 0. The number of pyridine rings is 4. The van der Waals surface area contributed by atoms with Crippen LogP contribution in [0.1, 0.15) is 26.3 Å². The Labute approximate surface area is 375 Å². The molecule has 0 aliphatic rings. The average molecular weight is 823 g/mol. The molecule has 0 saturated heterocycles. The molecule has 0 aliphatic carbocycles. The van der Waals surface area contributed by atoms with Crippen LogP contribution in [0.25, 0.3) is 101 Å². The third-order valence-electron chi connectivity index (χ3n) is 12.0. The first kappa shape index (κ1) is 40.0. The van der Waals surface area contributed by atoms with Crippen LogP contribution in [-0.4, -0.2) is 19.9 Å². The Kier molecular flexibility index (Phi) is 10.9. The third-order valence-corrected chi connectivity index (χ3v) is 12.0. The van der Waals surface area contributed by atoms with Gasteiger partial charge in [-0.25, -0.2) is 0 Å². The van der Waals surface area contributed by atoms with Crippen LogP contribution >= 0.6 is 0 Å². The zero-order chi connectivity index (χ0) is 43.5. The van der Waals surface area contributed by atoms with E-state index in [4.69, 9.17) is 9.97 Å². The van der Waals surface area contributed by atoms with Gasteiger partial charge in [0.15, 0.2) is 0 Å². The van der Waals surface area contributed by atoms with Gasteiger partial charge < -0.3 is 0 Å². The summed E-state index contributed by atoms with van der Waals surface area (Å²) < 4.78 is 0. The Hall–Kier alpha value is -8.08. The van der Waals surface area contributed by atoms with Crippen LogP contribution in [0.3, 0.4) is 0 Å². The van der Waals surface area contributed by atoms with E-state index in [9.17, 15) is 0 Å². The molecule has 4 heteroatoms. The zero-order valence-electron chi connectivity index (χ0n) is 36.2. The SMILES string of the molecule is CC(C)(C)c1ccnc(-c2ccc(-c3ccncc3-c3cc(-c4ccccc4-c4ccc(-c5ccccn5)cc4)cc(-c4ccccc4-c4ccc(-c5ccccn5)cc4)c3)cc2)c1. The van der Waals surface area contributed by atoms with Crippen molar-refractivity contribution < 1.29 is 0 Å². The Morgan fingerprint density at radius 1 is 0.281 bits per heavy atom. The maximum Gasteiger partial charge on any atom is 0.0704 e. The Bertz CT molecular complexity index is 3060. The van der Waals surface area contributed by atoms with Crippen LogP contribution in [0.2, 0.25) is 0 Å². The summed E-state index contributed by atoms with van der Waals surface area (Å²) in [6.07, 6.45) is 9.49. The molecule has 4 heterocycles. The highest BCUT2D eigenvalue weighted by molar-refractivity contribution is 5.94. The van der Waals surface area contributed by atoms with Crippen molar-refractivity contribution in [1.82, 2.24) is 19.9 Å². The minimum atomic E-state index is 0.0351. The molecule has 0 saturated carbocycles. The van der Waals surface area contributed by atoms with Gasteiger partial charge in [-0.3, -0.25) is 19.9 Å². The predicted octanol–water partition coefficient (Wildman–Crippen LogP) is 15.6. The van der Waals surface area contributed by atoms with Gasteiger partial charge in [-0.1, -0.05) is 154 Å². The van der Waals surface area contributed by atoms with Crippen molar-refractivity contribution in [3.8, 4) is 101 Å². The van der Waals surface area contributed by atoms with Crippen molar-refractivity contribution in [3.05, 3.63) is 231 Å². The lowest BCUT2D eigenvalue weighted by Crippen LogP contribution is -2.11. The van der Waals surface area contributed by atoms with Gasteiger partial charge >= 0.3 is 0 Å². The van der Waals surface area contributed by atoms with Gasteiger partial charge in [0, 0.05) is 53.2 Å². The van der Waals surface area contributed by atoms with Crippen molar-refractivity contribution in [2.75, 3.05) is 0 Å². The fourth-order valence-electron chi connectivity index (χ4n) is 8.53. The third kappa shape index (κ3) is 8.30. The van der Waals surface area contributed by atoms with Gasteiger partial charge in [-0.15, -0.1) is 0 Å². The van der Waals surface area contributed by atoms with Crippen molar-refractivity contribution in [1.29, 1.82) is 0 Å². The topological polar surface area (TPSA) is 51.6 Å². The summed E-state index contributed by atoms with van der Waals surface area (Å²) in [6, 6.07) is 69.1. The maximum absolute atomic E-state index is 4.75. The predicted molar refractivity (Wildman–Crippen MR) is 265 cm³/mol. The molecule has 0 N–H and O–H groups in total. The lowest BCUT2D eigenvalue weighted by Gasteiger charge is -2.19. The maximum atomic E-state index is 4.75. The quantitative estimate of drug-likeness (QED) is 0.145. The highest BCUT2D eigenvalue weighted by Gasteiger charge is 2.18. The van der Waals surface area contributed by atoms with Crippen LogP contribution in [-0.2, 0) is 5.41 Å². The van der Waals surface area contributed by atoms with Crippen molar-refractivity contribution in [2.24, 2.45) is 0 Å². The molecule has 0 amide bonds. The Balaban J connectivity index is 1.10. The van der Waals surface area contributed by atoms with E-state index in [1.165, 1.54) is 5.56 Å². The van der Waals surface area contributed by atoms with Gasteiger partial charge in [0.2, 0.25) is 0 Å². The van der Waals surface area contributed by atoms with E-state index in [0.29, 0.717) is 0 Å². The first-order valence-corrected chi connectivity index (χ1v) is 21.8. The molecular weight excluding hydrogens is 777 g/mol. The van der Waals surface area contributed by atoms with E-state index in [2.05, 4.69) is 188 Å². The van der Waals surface area contributed by atoms with E-state index in [1.54, 1.807) is 0 Å². The summed E-state index contributed by atoms with van der Waals surface area (Å²) in [5, 5.41) is 0. The fraction of sp³-hybridized carbons (Fsp3) is 0.0667. The lowest BCUT2D eigenvalue weighted by atomic mass is 9.86. The zero-order valence-corrected chi connectivity index (χ0v) is 36.2. The molecule has 0 spiro atoms. The van der Waals surface area contributed by atoms with E-state index in [0.717, 1.165) is 101 Å². The number of hydrogen-bond acceptors (Lipinski definition) is 4. The second-order valence-electron chi connectivity index (χ2n) is 17.2. The van der Waals surface area contributed by atoms with Crippen LogP contribution in [0.15, 0.2) is 225 Å². The molecule has 10 aromatic rings. The van der Waals surface area contributed by atoms with E-state index in [-0.39, 0.29) is 5.41 Å². The van der Waals surface area contributed by atoms with E-state index >= 15 is 0 Å². The monoisotopic (exact) mass is 822 g/mol. The summed E-state index contributed by atoms with van der Waals surface area (Å²) in [5.41, 5.74) is 20.9. The van der Waals surface area contributed by atoms with Gasteiger partial charge in [-0.05, 0) is 133 Å². The molecule has 0 aliphatic heterocycles. The fourth-order valence-corrected chi connectivity index (χ4v) is 8.53. The molecule has 64 heavy (non-hydrogen) atoms. The van der Waals surface area contributed by atoms with Crippen LogP contribution in [0.5, 0.6) is 0 Å². The summed E-state index contributed by atoms with van der Waals surface area (Å²) in [7, 11) is 0. The van der Waals surface area contributed by atoms with Crippen molar-refractivity contribution in [3.63, 3.8) is 0 Å². The highest BCUT2D eigenvalue weighted by atomic mass is 14.7. The summed E-state index contributed by atoms with van der Waals surface area (Å²) in [4.78, 5) is 18.6. The molecule has 4 aromatic heterocycles. The number of hydrogen-bond donors (Lipinski definition) is 0. The molecule has 10 rings (SSSR count). The largest absolute Gasteiger partial charge is 0.264 e. The molecule has 4 nitrogen and oxygen atoms in total. The van der Waals surface area contributed by atoms with Crippen LogP contribution in [0.4, 0.5) is 0 Å². The van der Waals surface area contributed by atoms with E-state index in [1.807, 2.05) is 67.4 Å². The van der Waals surface area contributed by atoms with Gasteiger partial charge in [-0.2, -0.15) is 0 Å². The van der Waals surface area contributed by atoms with Crippen molar-refractivity contribution >= 4 is 0 Å². The molecule has 306 valence electrons. The standard InChI is InChI=1S/C60H46N4/c1-60(2,3)50-30-35-64-59(39-50)46-28-22-43(23-29-46)55-31-34-61-40-56(55)49-37-47(53-14-6-4-12-51(53)41-18-24-44(25-19-41)57-16-8-10-32-62-57)36-48(38-49)54-15-7-5-13-52(54)42-20-26-45(27-21-42)58-17-9-11-33-63-58/h4-40H,1-3H3. The molecule has 0 radical (unpaired) electrons. The highest BCUT2D eigenvalue weighted by Crippen LogP contribution is 2.42. The summed E-state index contributed by atoms with van der Waals surface area (Å²) in [6.45, 7) is 6.71. The van der Waals surface area contributed by atoms with Gasteiger partial charge in [0.1, 0.15) is 0 Å². The average Bonchev–Trinajstić information content (AvgIpc) is 3.37. The Morgan fingerprint density at radius 3 is 1.09 bits per heavy atom. The number of rotatable bonds is 9. The minimum absolute atomic E-state index is 0.0351. The smallest absolute Gasteiger partial charge is 0.0704 e. The number of benzene rings is 6. The Morgan fingerprint density at radius 2 is 0.656 bits per heavy atom. The van der Waals surface area contributed by atoms with Gasteiger partial charge in [0.05, 0.1) is 17.1 Å². The van der Waals surface area contributed by atoms with Gasteiger partial charge in [0.25, 0.3) is 0 Å². The number of nitrogens with zero attached hydrogens (tertiary/aromatic N) is 4. The minimum Gasteiger partial charge on any atom is -0.264 e. The summed E-state index contributed by atoms with van der Waals surface area (Å²) >= 11 is 0. The van der Waals surface area contributed by atoms with Crippen LogP contribution < -0.4 is 0 Å².